The zero-order valence-corrected chi connectivity index (χ0v) is 15.5. The van der Waals surface area contributed by atoms with Crippen molar-refractivity contribution in [3.63, 3.8) is 0 Å². The first-order valence-electron chi connectivity index (χ1n) is 8.39. The molecular weight excluding hydrogens is 382 g/mol. The van der Waals surface area contributed by atoms with Crippen LogP contribution in [0.5, 0.6) is 0 Å². The number of thioether (sulfide) groups is 1. The fourth-order valence-corrected chi connectivity index (χ4v) is 3.53. The van der Waals surface area contributed by atoms with Crippen molar-refractivity contribution in [3.05, 3.63) is 54.6 Å². The first-order valence-corrected chi connectivity index (χ1v) is 9.27. The molecule has 2 aromatic rings. The minimum Gasteiger partial charge on any atom is -0.456 e. The second kappa shape index (κ2) is 9.05. The molecule has 1 aliphatic heterocycles. The van der Waals surface area contributed by atoms with Gasteiger partial charge in [0.25, 0.3) is 5.91 Å². The maximum absolute atomic E-state index is 12.1. The van der Waals surface area contributed by atoms with Crippen LogP contribution in [-0.2, 0) is 19.1 Å². The molecule has 1 aliphatic rings. The lowest BCUT2D eigenvalue weighted by molar-refractivity contribution is -0.148. The highest BCUT2D eigenvalue weighted by molar-refractivity contribution is 8.01. The lowest BCUT2D eigenvalue weighted by Crippen LogP contribution is -2.37. The lowest BCUT2D eigenvalue weighted by atomic mass is 10.2. The van der Waals surface area contributed by atoms with Gasteiger partial charge in [0.15, 0.2) is 6.61 Å². The van der Waals surface area contributed by atoms with Crippen LogP contribution < -0.4 is 16.0 Å². The number of ether oxygens (including phenoxy) is 1. The van der Waals surface area contributed by atoms with Crippen molar-refractivity contribution < 1.29 is 23.9 Å². The van der Waals surface area contributed by atoms with Crippen LogP contribution in [0, 0.1) is 0 Å². The zero-order chi connectivity index (χ0) is 19.9. The van der Waals surface area contributed by atoms with Crippen molar-refractivity contribution in [2.45, 2.75) is 16.6 Å². The summed E-state index contributed by atoms with van der Waals surface area (Å²) in [5.41, 5.74) is 1.22. The third-order valence-corrected chi connectivity index (χ3v) is 4.98. The number of fused-ring (bicyclic) bond motifs is 1. The molecular formula is C19H17N3O5S. The minimum absolute atomic E-state index is 0.186. The normalized spacial score (nSPS) is 15.0. The number of rotatable bonds is 5. The van der Waals surface area contributed by atoms with E-state index in [0.717, 1.165) is 4.90 Å². The Labute approximate surface area is 165 Å². The Kier molecular flexibility index (Phi) is 6.28. The molecule has 0 bridgehead atoms. The van der Waals surface area contributed by atoms with Crippen molar-refractivity contribution in [2.24, 2.45) is 0 Å². The first-order chi connectivity index (χ1) is 13.5. The number of carbonyl (C=O) groups excluding carboxylic acids is 4. The molecule has 0 aromatic heterocycles. The summed E-state index contributed by atoms with van der Waals surface area (Å²) >= 11 is 1.26. The van der Waals surface area contributed by atoms with Crippen LogP contribution in [0.2, 0.25) is 0 Å². The van der Waals surface area contributed by atoms with Crippen molar-refractivity contribution in [3.8, 4) is 0 Å². The van der Waals surface area contributed by atoms with Crippen molar-refractivity contribution in [1.82, 2.24) is 5.32 Å². The van der Waals surface area contributed by atoms with Gasteiger partial charge in [0, 0.05) is 10.6 Å². The number of urea groups is 1. The molecule has 4 amide bonds. The van der Waals surface area contributed by atoms with Gasteiger partial charge in [-0.1, -0.05) is 30.3 Å². The van der Waals surface area contributed by atoms with Gasteiger partial charge < -0.3 is 15.4 Å². The molecule has 3 N–H and O–H groups in total. The predicted octanol–water partition coefficient (Wildman–Crippen LogP) is 2.38. The number of esters is 1. The summed E-state index contributed by atoms with van der Waals surface area (Å²) in [6.45, 7) is -0.614. The van der Waals surface area contributed by atoms with Gasteiger partial charge in [0.1, 0.15) is 0 Å². The Balaban J connectivity index is 1.42. The standard InChI is InChI=1S/C19H17N3O5S/c23-16(22-19(26)20-12-6-2-1-3-7-12)11-27-17(24)10-15-18(25)21-13-8-4-5-9-14(13)28-15/h1-9,15H,10-11H2,(H,21,25)(H2,20,22,23,26)/t15-/m0/s1. The number of nitrogens with one attached hydrogen (secondary N) is 3. The van der Waals surface area contributed by atoms with E-state index in [-0.39, 0.29) is 12.3 Å². The number of hydrogen-bond acceptors (Lipinski definition) is 6. The van der Waals surface area contributed by atoms with E-state index in [4.69, 9.17) is 4.74 Å². The molecule has 8 nitrogen and oxygen atoms in total. The molecule has 144 valence electrons. The van der Waals surface area contributed by atoms with Crippen LogP contribution in [0.15, 0.2) is 59.5 Å². The molecule has 0 saturated carbocycles. The predicted molar refractivity (Wildman–Crippen MR) is 104 cm³/mol. The first kappa shape index (κ1) is 19.4. The molecule has 1 atom stereocenters. The Morgan fingerprint density at radius 1 is 1.04 bits per heavy atom. The highest BCUT2D eigenvalue weighted by atomic mass is 32.2. The fraction of sp³-hybridized carbons (Fsp3) is 0.158. The SMILES string of the molecule is O=C(COC(=O)C[C@@H]1Sc2ccccc2NC1=O)NC(=O)Nc1ccccc1. The molecule has 0 unspecified atom stereocenters. The maximum atomic E-state index is 12.1. The molecule has 1 heterocycles. The summed E-state index contributed by atoms with van der Waals surface area (Å²) in [4.78, 5) is 48.3. The zero-order valence-electron chi connectivity index (χ0n) is 14.6. The lowest BCUT2D eigenvalue weighted by Gasteiger charge is -2.23. The number of para-hydroxylation sites is 2. The minimum atomic E-state index is -0.770. The quantitative estimate of drug-likeness (QED) is 0.665. The van der Waals surface area contributed by atoms with Gasteiger partial charge >= 0.3 is 12.0 Å². The number of carbonyl (C=O) groups is 4. The van der Waals surface area contributed by atoms with E-state index >= 15 is 0 Å². The summed E-state index contributed by atoms with van der Waals surface area (Å²) in [5, 5.41) is 6.62. The molecule has 2 aromatic carbocycles. The Morgan fingerprint density at radius 2 is 1.75 bits per heavy atom. The molecule has 0 radical (unpaired) electrons. The van der Waals surface area contributed by atoms with Crippen molar-refractivity contribution in [1.29, 1.82) is 0 Å². The third-order valence-electron chi connectivity index (χ3n) is 3.71. The van der Waals surface area contributed by atoms with Gasteiger partial charge in [0.05, 0.1) is 17.4 Å². The van der Waals surface area contributed by atoms with E-state index in [1.54, 1.807) is 42.5 Å². The number of imide groups is 1. The second-order valence-electron chi connectivity index (χ2n) is 5.83. The van der Waals surface area contributed by atoms with Crippen LogP contribution in [0.25, 0.3) is 0 Å². The fourth-order valence-electron chi connectivity index (χ4n) is 2.43. The molecule has 3 rings (SSSR count). The van der Waals surface area contributed by atoms with E-state index in [1.165, 1.54) is 11.8 Å². The largest absolute Gasteiger partial charge is 0.456 e. The van der Waals surface area contributed by atoms with Crippen molar-refractivity contribution in [2.75, 3.05) is 17.2 Å². The average molecular weight is 399 g/mol. The van der Waals surface area contributed by atoms with Crippen LogP contribution in [0.3, 0.4) is 0 Å². The van der Waals surface area contributed by atoms with E-state index in [2.05, 4.69) is 16.0 Å². The van der Waals surface area contributed by atoms with Crippen LogP contribution >= 0.6 is 11.8 Å². The van der Waals surface area contributed by atoms with Crippen molar-refractivity contribution >= 4 is 47.0 Å². The molecule has 28 heavy (non-hydrogen) atoms. The topological polar surface area (TPSA) is 114 Å². The van der Waals surface area contributed by atoms with E-state index in [1.807, 2.05) is 12.1 Å². The van der Waals surface area contributed by atoms with E-state index in [0.29, 0.717) is 11.4 Å². The molecule has 0 fully saturated rings. The second-order valence-corrected chi connectivity index (χ2v) is 7.07. The monoisotopic (exact) mass is 399 g/mol. The Bertz CT molecular complexity index is 903. The van der Waals surface area contributed by atoms with Gasteiger partial charge in [-0.15, -0.1) is 11.8 Å². The number of hydrogen-bond donors (Lipinski definition) is 3. The Hall–Kier alpha value is -3.33. The van der Waals surface area contributed by atoms with Crippen LogP contribution in [0.4, 0.5) is 16.2 Å². The number of anilines is 2. The summed E-state index contributed by atoms with van der Waals surface area (Å²) in [6, 6.07) is 15.1. The number of benzene rings is 2. The summed E-state index contributed by atoms with van der Waals surface area (Å²) in [5.74, 6) is -1.77. The summed E-state index contributed by atoms with van der Waals surface area (Å²) in [6.07, 6.45) is -0.186. The molecule has 9 heteroatoms. The highest BCUT2D eigenvalue weighted by Crippen LogP contribution is 2.36. The summed E-state index contributed by atoms with van der Waals surface area (Å²) < 4.78 is 4.87. The smallest absolute Gasteiger partial charge is 0.325 e. The average Bonchev–Trinajstić information content (AvgIpc) is 2.67. The maximum Gasteiger partial charge on any atom is 0.325 e. The van der Waals surface area contributed by atoms with Crippen LogP contribution in [0.1, 0.15) is 6.42 Å². The third kappa shape index (κ3) is 5.34. The summed E-state index contributed by atoms with van der Waals surface area (Å²) in [7, 11) is 0. The van der Waals surface area contributed by atoms with Gasteiger partial charge in [-0.05, 0) is 24.3 Å². The van der Waals surface area contributed by atoms with E-state index < -0.39 is 29.8 Å². The molecule has 0 saturated heterocycles. The van der Waals surface area contributed by atoms with Gasteiger partial charge in [-0.2, -0.15) is 0 Å². The van der Waals surface area contributed by atoms with Gasteiger partial charge in [-0.3, -0.25) is 19.7 Å². The van der Waals surface area contributed by atoms with Gasteiger partial charge in [-0.25, -0.2) is 4.79 Å². The molecule has 0 spiro atoms. The number of amides is 4. The van der Waals surface area contributed by atoms with Crippen LogP contribution in [-0.4, -0.2) is 35.7 Å². The van der Waals surface area contributed by atoms with E-state index in [9.17, 15) is 19.2 Å². The van der Waals surface area contributed by atoms with Gasteiger partial charge in [0.2, 0.25) is 5.91 Å². The molecule has 0 aliphatic carbocycles. The highest BCUT2D eigenvalue weighted by Gasteiger charge is 2.29. The Morgan fingerprint density at radius 3 is 2.54 bits per heavy atom.